The van der Waals surface area contributed by atoms with E-state index in [2.05, 4.69) is 9.80 Å². The summed E-state index contributed by atoms with van der Waals surface area (Å²) in [5.74, 6) is 0. The van der Waals surface area contributed by atoms with E-state index >= 15 is 0 Å². The van der Waals surface area contributed by atoms with E-state index in [4.69, 9.17) is 0 Å². The predicted molar refractivity (Wildman–Crippen MR) is 63.4 cm³/mol. The Hall–Kier alpha value is -0.160. The van der Waals surface area contributed by atoms with Gasteiger partial charge < -0.3 is 10.2 Å². The molecule has 2 fully saturated rings. The summed E-state index contributed by atoms with van der Waals surface area (Å²) < 4.78 is 0. The predicted octanol–water partition coefficient (Wildman–Crippen LogP) is -0.100. The Kier molecular flexibility index (Phi) is 4.58. The highest BCUT2D eigenvalue weighted by atomic mass is 16.3. The summed E-state index contributed by atoms with van der Waals surface area (Å²) in [5, 5.41) is 18.5. The second-order valence-corrected chi connectivity index (χ2v) is 5.03. The molecule has 0 saturated carbocycles. The Morgan fingerprint density at radius 1 is 0.812 bits per heavy atom. The van der Waals surface area contributed by atoms with Gasteiger partial charge in [0.15, 0.2) is 0 Å². The lowest BCUT2D eigenvalue weighted by atomic mass is 10.2. The van der Waals surface area contributed by atoms with Gasteiger partial charge in [-0.1, -0.05) is 0 Å². The smallest absolute Gasteiger partial charge is 0.0586 e. The van der Waals surface area contributed by atoms with Crippen molar-refractivity contribution >= 4 is 0 Å². The van der Waals surface area contributed by atoms with Crippen molar-refractivity contribution in [3.8, 4) is 0 Å². The molecule has 0 aliphatic carbocycles. The Bertz CT molecular complexity index is 191. The molecule has 4 nitrogen and oxygen atoms in total. The minimum absolute atomic E-state index is 0.295. The highest BCUT2D eigenvalue weighted by Gasteiger charge is 2.27. The Morgan fingerprint density at radius 3 is 1.62 bits per heavy atom. The first-order valence-corrected chi connectivity index (χ1v) is 6.55. The third-order valence-corrected chi connectivity index (χ3v) is 4.09. The Morgan fingerprint density at radius 2 is 1.25 bits per heavy atom. The zero-order valence-corrected chi connectivity index (χ0v) is 10.0. The highest BCUT2D eigenvalue weighted by molar-refractivity contribution is 4.82. The molecule has 2 atom stereocenters. The minimum atomic E-state index is 0.295. The molecule has 16 heavy (non-hydrogen) atoms. The first-order valence-electron chi connectivity index (χ1n) is 6.55. The second kappa shape index (κ2) is 5.96. The number of aliphatic hydroxyl groups excluding tert-OH is 2. The van der Waals surface area contributed by atoms with E-state index in [1.807, 2.05) is 0 Å². The molecule has 0 bridgehead atoms. The summed E-state index contributed by atoms with van der Waals surface area (Å²) >= 11 is 0. The maximum Gasteiger partial charge on any atom is 0.0586 e. The molecule has 2 aliphatic heterocycles. The van der Waals surface area contributed by atoms with Crippen molar-refractivity contribution < 1.29 is 10.2 Å². The number of nitrogens with zero attached hydrogens (tertiary/aromatic N) is 2. The topological polar surface area (TPSA) is 46.9 Å². The zero-order valence-electron chi connectivity index (χ0n) is 10.0. The van der Waals surface area contributed by atoms with Crippen LogP contribution in [0.3, 0.4) is 0 Å². The van der Waals surface area contributed by atoms with Crippen LogP contribution in [0.2, 0.25) is 0 Å². The van der Waals surface area contributed by atoms with Crippen LogP contribution >= 0.6 is 0 Å². The van der Waals surface area contributed by atoms with Crippen LogP contribution in [0.4, 0.5) is 0 Å². The van der Waals surface area contributed by atoms with Crippen molar-refractivity contribution in [3.63, 3.8) is 0 Å². The molecular weight excluding hydrogens is 204 g/mol. The summed E-state index contributed by atoms with van der Waals surface area (Å²) in [6.45, 7) is 4.93. The quantitative estimate of drug-likeness (QED) is 0.690. The van der Waals surface area contributed by atoms with E-state index in [1.165, 1.54) is 12.8 Å². The Balaban J connectivity index is 1.74. The lowest BCUT2D eigenvalue weighted by Gasteiger charge is -2.28. The van der Waals surface area contributed by atoms with Crippen LogP contribution in [0.25, 0.3) is 0 Å². The largest absolute Gasteiger partial charge is 0.395 e. The molecule has 2 rings (SSSR count). The van der Waals surface area contributed by atoms with E-state index in [0.717, 1.165) is 39.0 Å². The number of hydrogen-bond donors (Lipinski definition) is 2. The monoisotopic (exact) mass is 228 g/mol. The van der Waals surface area contributed by atoms with E-state index in [9.17, 15) is 10.2 Å². The lowest BCUT2D eigenvalue weighted by Crippen LogP contribution is -2.41. The molecular formula is C12H24N2O2. The van der Waals surface area contributed by atoms with Crippen LogP contribution in [-0.2, 0) is 0 Å². The van der Waals surface area contributed by atoms with E-state index in [-0.39, 0.29) is 0 Å². The first kappa shape index (κ1) is 12.3. The molecule has 2 saturated heterocycles. The van der Waals surface area contributed by atoms with Crippen molar-refractivity contribution in [2.75, 3.05) is 39.4 Å². The van der Waals surface area contributed by atoms with Gasteiger partial charge in [0.25, 0.3) is 0 Å². The van der Waals surface area contributed by atoms with Crippen LogP contribution in [-0.4, -0.2) is 71.5 Å². The molecule has 0 aromatic heterocycles. The van der Waals surface area contributed by atoms with Gasteiger partial charge in [-0.05, 0) is 38.8 Å². The van der Waals surface area contributed by atoms with E-state index < -0.39 is 0 Å². The number of hydrogen-bond acceptors (Lipinski definition) is 4. The summed E-state index contributed by atoms with van der Waals surface area (Å²) in [5.41, 5.74) is 0. The molecule has 0 unspecified atom stereocenters. The molecule has 2 aliphatic rings. The average molecular weight is 228 g/mol. The van der Waals surface area contributed by atoms with Gasteiger partial charge in [0, 0.05) is 25.2 Å². The summed E-state index contributed by atoms with van der Waals surface area (Å²) in [6.07, 6.45) is 4.71. The standard InChI is InChI=1S/C12H24N2O2/c15-9-11-3-1-5-13(11)7-8-14-6-2-4-12(14)10-16/h11-12,15-16H,1-10H2/t11-,12-/m1/s1. The fourth-order valence-electron chi connectivity index (χ4n) is 3.05. The van der Waals surface area contributed by atoms with Crippen LogP contribution in [0, 0.1) is 0 Å². The molecule has 94 valence electrons. The van der Waals surface area contributed by atoms with Crippen molar-refractivity contribution in [1.82, 2.24) is 9.80 Å². The number of likely N-dealkylation sites (tertiary alicyclic amines) is 2. The van der Waals surface area contributed by atoms with Gasteiger partial charge in [-0.3, -0.25) is 9.80 Å². The molecule has 0 amide bonds. The van der Waals surface area contributed by atoms with Crippen LogP contribution in [0.5, 0.6) is 0 Å². The van der Waals surface area contributed by atoms with Crippen LogP contribution in [0.15, 0.2) is 0 Å². The summed E-state index contributed by atoms with van der Waals surface area (Å²) in [7, 11) is 0. The van der Waals surface area contributed by atoms with Crippen molar-refractivity contribution in [2.24, 2.45) is 0 Å². The van der Waals surface area contributed by atoms with Gasteiger partial charge in [0.2, 0.25) is 0 Å². The van der Waals surface area contributed by atoms with Crippen LogP contribution < -0.4 is 0 Å². The number of aliphatic hydroxyl groups is 2. The summed E-state index contributed by atoms with van der Waals surface area (Å²) in [4.78, 5) is 4.79. The van der Waals surface area contributed by atoms with Crippen LogP contribution in [0.1, 0.15) is 25.7 Å². The average Bonchev–Trinajstić information content (AvgIpc) is 2.94. The third kappa shape index (κ3) is 2.74. The van der Waals surface area contributed by atoms with Crippen molar-refractivity contribution in [2.45, 2.75) is 37.8 Å². The van der Waals surface area contributed by atoms with Gasteiger partial charge in [-0.2, -0.15) is 0 Å². The first-order chi connectivity index (χ1) is 7.85. The Labute approximate surface area is 97.9 Å². The van der Waals surface area contributed by atoms with Gasteiger partial charge in [-0.25, -0.2) is 0 Å². The molecule has 2 N–H and O–H groups in total. The molecule has 0 aromatic carbocycles. The fraction of sp³-hybridized carbons (Fsp3) is 1.00. The third-order valence-electron chi connectivity index (χ3n) is 4.09. The zero-order chi connectivity index (χ0) is 11.4. The van der Waals surface area contributed by atoms with Gasteiger partial charge in [0.05, 0.1) is 13.2 Å². The molecule has 4 heteroatoms. The molecule has 0 radical (unpaired) electrons. The molecule has 0 aromatic rings. The number of rotatable bonds is 5. The minimum Gasteiger partial charge on any atom is -0.395 e. The SMILES string of the molecule is OC[C@H]1CCCN1CCN1CCC[C@@H]1CO. The second-order valence-electron chi connectivity index (χ2n) is 5.03. The fourth-order valence-corrected chi connectivity index (χ4v) is 3.05. The lowest BCUT2D eigenvalue weighted by molar-refractivity contribution is 0.118. The normalized spacial score (nSPS) is 32.6. The van der Waals surface area contributed by atoms with E-state index in [0.29, 0.717) is 25.3 Å². The van der Waals surface area contributed by atoms with Gasteiger partial charge >= 0.3 is 0 Å². The van der Waals surface area contributed by atoms with Gasteiger partial charge in [0.1, 0.15) is 0 Å². The maximum absolute atomic E-state index is 9.23. The maximum atomic E-state index is 9.23. The molecule has 0 spiro atoms. The highest BCUT2D eigenvalue weighted by Crippen LogP contribution is 2.19. The van der Waals surface area contributed by atoms with Crippen molar-refractivity contribution in [1.29, 1.82) is 0 Å². The molecule has 2 heterocycles. The van der Waals surface area contributed by atoms with E-state index in [1.54, 1.807) is 0 Å². The van der Waals surface area contributed by atoms with Crippen molar-refractivity contribution in [3.05, 3.63) is 0 Å². The van der Waals surface area contributed by atoms with Gasteiger partial charge in [-0.15, -0.1) is 0 Å². The summed E-state index contributed by atoms with van der Waals surface area (Å²) in [6, 6.07) is 0.769.